The Morgan fingerprint density at radius 3 is 2.29 bits per heavy atom. The van der Waals surface area contributed by atoms with Crippen molar-refractivity contribution in [2.45, 2.75) is 33.2 Å². The minimum atomic E-state index is 0.468. The fraction of sp³-hybridized carbons (Fsp3) is 0.538. The van der Waals surface area contributed by atoms with Gasteiger partial charge in [-0.1, -0.05) is 44.2 Å². The van der Waals surface area contributed by atoms with Crippen molar-refractivity contribution in [3.05, 3.63) is 35.9 Å². The lowest BCUT2D eigenvalue weighted by molar-refractivity contribution is 0.497. The Morgan fingerprint density at radius 1 is 1.07 bits per heavy atom. The summed E-state index contributed by atoms with van der Waals surface area (Å²) in [5, 5.41) is 3.53. The molecule has 0 heterocycles. The molecule has 0 amide bonds. The van der Waals surface area contributed by atoms with Crippen LogP contribution in [0, 0.1) is 5.92 Å². The third-order valence-corrected chi connectivity index (χ3v) is 2.47. The minimum absolute atomic E-state index is 0.468. The predicted octanol–water partition coefficient (Wildman–Crippen LogP) is 3.38. The van der Waals surface area contributed by atoms with Crippen LogP contribution in [-0.4, -0.2) is 6.54 Å². The third-order valence-electron chi connectivity index (χ3n) is 2.47. The van der Waals surface area contributed by atoms with Crippen LogP contribution in [0.4, 0.5) is 0 Å². The minimum Gasteiger partial charge on any atom is -0.310 e. The summed E-state index contributed by atoms with van der Waals surface area (Å²) in [5.41, 5.74) is 1.37. The number of hydrogen-bond donors (Lipinski definition) is 1. The van der Waals surface area contributed by atoms with Crippen LogP contribution in [0.2, 0.25) is 0 Å². The second-order valence-electron chi connectivity index (χ2n) is 4.27. The van der Waals surface area contributed by atoms with Crippen molar-refractivity contribution < 1.29 is 0 Å². The molecule has 0 aliphatic carbocycles. The van der Waals surface area contributed by atoms with Crippen molar-refractivity contribution in [2.75, 3.05) is 6.54 Å². The molecule has 1 rings (SSSR count). The standard InChI is InChI=1S/C13H21N/c1-11(2)9-10-14-12(3)13-7-5-4-6-8-13/h4-8,11-12,14H,9-10H2,1-3H3. The van der Waals surface area contributed by atoms with Gasteiger partial charge < -0.3 is 5.32 Å². The highest BCUT2D eigenvalue weighted by Gasteiger charge is 2.03. The Hall–Kier alpha value is -0.820. The Balaban J connectivity index is 2.32. The SMILES string of the molecule is CC(C)CCNC(C)c1ccccc1. The Morgan fingerprint density at radius 2 is 1.71 bits per heavy atom. The maximum Gasteiger partial charge on any atom is 0.0291 e. The van der Waals surface area contributed by atoms with E-state index in [0.717, 1.165) is 12.5 Å². The quantitative estimate of drug-likeness (QED) is 0.752. The summed E-state index contributed by atoms with van der Waals surface area (Å²) in [4.78, 5) is 0. The maximum atomic E-state index is 3.53. The summed E-state index contributed by atoms with van der Waals surface area (Å²) in [5.74, 6) is 0.783. The monoisotopic (exact) mass is 191 g/mol. The van der Waals surface area contributed by atoms with Gasteiger partial charge in [0.1, 0.15) is 0 Å². The van der Waals surface area contributed by atoms with Crippen LogP contribution in [0.5, 0.6) is 0 Å². The lowest BCUT2D eigenvalue weighted by atomic mass is 10.1. The highest BCUT2D eigenvalue weighted by Crippen LogP contribution is 2.11. The van der Waals surface area contributed by atoms with Crippen molar-refractivity contribution >= 4 is 0 Å². The summed E-state index contributed by atoms with van der Waals surface area (Å²) in [6.45, 7) is 7.84. The Labute approximate surface area is 87.5 Å². The van der Waals surface area contributed by atoms with Crippen LogP contribution in [0.25, 0.3) is 0 Å². The van der Waals surface area contributed by atoms with Crippen LogP contribution >= 0.6 is 0 Å². The molecule has 1 aromatic carbocycles. The molecule has 0 saturated heterocycles. The largest absolute Gasteiger partial charge is 0.310 e. The van der Waals surface area contributed by atoms with E-state index in [1.54, 1.807) is 0 Å². The molecule has 1 nitrogen and oxygen atoms in total. The number of nitrogens with one attached hydrogen (secondary N) is 1. The van der Waals surface area contributed by atoms with Gasteiger partial charge in [0.15, 0.2) is 0 Å². The van der Waals surface area contributed by atoms with Gasteiger partial charge in [-0.3, -0.25) is 0 Å². The molecule has 0 spiro atoms. The first-order valence-electron chi connectivity index (χ1n) is 5.48. The van der Waals surface area contributed by atoms with Crippen LogP contribution in [0.1, 0.15) is 38.8 Å². The van der Waals surface area contributed by atoms with Crippen molar-refractivity contribution in [1.82, 2.24) is 5.32 Å². The first-order valence-corrected chi connectivity index (χ1v) is 5.48. The van der Waals surface area contributed by atoms with Crippen molar-refractivity contribution in [1.29, 1.82) is 0 Å². The smallest absolute Gasteiger partial charge is 0.0291 e. The van der Waals surface area contributed by atoms with Crippen LogP contribution in [0.3, 0.4) is 0 Å². The van der Waals surface area contributed by atoms with E-state index in [-0.39, 0.29) is 0 Å². The number of rotatable bonds is 5. The molecular weight excluding hydrogens is 170 g/mol. The second-order valence-corrected chi connectivity index (χ2v) is 4.27. The molecule has 0 radical (unpaired) electrons. The number of hydrogen-bond acceptors (Lipinski definition) is 1. The molecule has 0 bridgehead atoms. The van der Waals surface area contributed by atoms with Crippen LogP contribution < -0.4 is 5.32 Å². The summed E-state index contributed by atoms with van der Waals surface area (Å²) in [6, 6.07) is 11.1. The average Bonchev–Trinajstić information content (AvgIpc) is 2.18. The number of benzene rings is 1. The fourth-order valence-corrected chi connectivity index (χ4v) is 1.45. The van der Waals surface area contributed by atoms with Gasteiger partial charge in [-0.2, -0.15) is 0 Å². The van der Waals surface area contributed by atoms with Crippen LogP contribution in [-0.2, 0) is 0 Å². The molecule has 0 saturated carbocycles. The zero-order chi connectivity index (χ0) is 10.4. The third kappa shape index (κ3) is 3.93. The van der Waals surface area contributed by atoms with Gasteiger partial charge in [0.2, 0.25) is 0 Å². The van der Waals surface area contributed by atoms with Gasteiger partial charge in [-0.05, 0) is 31.4 Å². The van der Waals surface area contributed by atoms with Crippen LogP contribution in [0.15, 0.2) is 30.3 Å². The summed E-state index contributed by atoms with van der Waals surface area (Å²) in [7, 11) is 0. The van der Waals surface area contributed by atoms with E-state index in [1.165, 1.54) is 12.0 Å². The maximum absolute atomic E-state index is 3.53. The van der Waals surface area contributed by atoms with E-state index in [2.05, 4.69) is 56.4 Å². The van der Waals surface area contributed by atoms with E-state index >= 15 is 0 Å². The normalized spacial score (nSPS) is 13.1. The molecule has 0 aliphatic heterocycles. The Bertz CT molecular complexity index is 241. The zero-order valence-corrected chi connectivity index (χ0v) is 9.46. The highest BCUT2D eigenvalue weighted by molar-refractivity contribution is 5.17. The molecule has 0 aromatic heterocycles. The molecule has 1 unspecified atom stereocenters. The lowest BCUT2D eigenvalue weighted by Gasteiger charge is -2.14. The topological polar surface area (TPSA) is 12.0 Å². The van der Waals surface area contributed by atoms with E-state index in [9.17, 15) is 0 Å². The zero-order valence-electron chi connectivity index (χ0n) is 9.46. The lowest BCUT2D eigenvalue weighted by Crippen LogP contribution is -2.20. The highest BCUT2D eigenvalue weighted by atomic mass is 14.9. The molecule has 1 N–H and O–H groups in total. The molecule has 14 heavy (non-hydrogen) atoms. The van der Waals surface area contributed by atoms with Crippen molar-refractivity contribution in [3.63, 3.8) is 0 Å². The Kier molecular flexibility index (Phi) is 4.68. The molecule has 1 heteroatoms. The summed E-state index contributed by atoms with van der Waals surface area (Å²) in [6.07, 6.45) is 1.25. The van der Waals surface area contributed by atoms with Gasteiger partial charge in [-0.15, -0.1) is 0 Å². The first kappa shape index (κ1) is 11.3. The summed E-state index contributed by atoms with van der Waals surface area (Å²) >= 11 is 0. The molecule has 0 aliphatic rings. The van der Waals surface area contributed by atoms with Gasteiger partial charge in [0.25, 0.3) is 0 Å². The van der Waals surface area contributed by atoms with Crippen molar-refractivity contribution in [2.24, 2.45) is 5.92 Å². The second kappa shape index (κ2) is 5.82. The van der Waals surface area contributed by atoms with Crippen molar-refractivity contribution in [3.8, 4) is 0 Å². The summed E-state index contributed by atoms with van der Waals surface area (Å²) < 4.78 is 0. The first-order chi connectivity index (χ1) is 6.70. The fourth-order valence-electron chi connectivity index (χ4n) is 1.45. The average molecular weight is 191 g/mol. The van der Waals surface area contributed by atoms with Gasteiger partial charge >= 0.3 is 0 Å². The van der Waals surface area contributed by atoms with Gasteiger partial charge in [0, 0.05) is 6.04 Å². The van der Waals surface area contributed by atoms with Gasteiger partial charge in [0.05, 0.1) is 0 Å². The predicted molar refractivity (Wildman–Crippen MR) is 62.3 cm³/mol. The van der Waals surface area contributed by atoms with E-state index in [1.807, 2.05) is 0 Å². The van der Waals surface area contributed by atoms with E-state index in [4.69, 9.17) is 0 Å². The molecule has 1 aromatic rings. The molecule has 78 valence electrons. The molecular formula is C13H21N. The molecule has 1 atom stereocenters. The molecule has 0 fully saturated rings. The van der Waals surface area contributed by atoms with Gasteiger partial charge in [-0.25, -0.2) is 0 Å². The van der Waals surface area contributed by atoms with E-state index < -0.39 is 0 Å². The van der Waals surface area contributed by atoms with E-state index in [0.29, 0.717) is 6.04 Å².